The minimum Gasteiger partial charge on any atom is -0.348 e. The van der Waals surface area contributed by atoms with Gasteiger partial charge in [0.05, 0.1) is 16.9 Å². The topological polar surface area (TPSA) is 66.9 Å². The van der Waals surface area contributed by atoms with Crippen molar-refractivity contribution in [2.75, 3.05) is 0 Å². The average Bonchev–Trinajstić information content (AvgIpc) is 2.93. The summed E-state index contributed by atoms with van der Waals surface area (Å²) < 4.78 is 1.58. The first kappa shape index (κ1) is 18.5. The Morgan fingerprint density at radius 1 is 1.27 bits per heavy atom. The average molecular weight is 388 g/mol. The number of nitrogens with zero attached hydrogens (tertiary/aromatic N) is 1. The number of thiophene rings is 1. The number of carbonyl (C=O) groups excluding carboxylic acids is 1. The van der Waals surface area contributed by atoms with Crippen LogP contribution in [0.2, 0.25) is 0 Å². The molecule has 0 bridgehead atoms. The molecule has 2 aromatic heterocycles. The van der Waals surface area contributed by atoms with Gasteiger partial charge in [-0.3, -0.25) is 14.2 Å². The normalized spacial score (nSPS) is 13.5. The summed E-state index contributed by atoms with van der Waals surface area (Å²) in [6.45, 7) is 7.73. The molecule has 0 spiro atoms. The van der Waals surface area contributed by atoms with Gasteiger partial charge in [-0.1, -0.05) is 12.1 Å². The highest BCUT2D eigenvalue weighted by atomic mass is 32.1. The molecule has 2 N–H and O–H groups in total. The molecule has 1 aromatic carbocycles. The zero-order valence-corrected chi connectivity index (χ0v) is 16.8. The van der Waals surface area contributed by atoms with Crippen LogP contribution in [0.25, 0.3) is 10.9 Å². The first-order valence-corrected chi connectivity index (χ1v) is 9.63. The molecule has 2 atom stereocenters. The summed E-state index contributed by atoms with van der Waals surface area (Å²) in [5.74, 6) is -0.238. The Labute approximate surface area is 160 Å². The van der Waals surface area contributed by atoms with E-state index in [1.807, 2.05) is 26.8 Å². The Hall–Kier alpha value is -2.25. The van der Waals surface area contributed by atoms with Crippen molar-refractivity contribution in [2.24, 2.45) is 0 Å². The smallest absolute Gasteiger partial charge is 0.262 e. The van der Waals surface area contributed by atoms with Crippen LogP contribution in [0, 0.1) is 18.6 Å². The molecule has 136 valence electrons. The maximum atomic E-state index is 12.8. The van der Waals surface area contributed by atoms with Gasteiger partial charge in [-0.25, -0.2) is 0 Å². The van der Waals surface area contributed by atoms with E-state index in [0.717, 1.165) is 5.56 Å². The molecule has 0 aliphatic heterocycles. The first-order valence-electron chi connectivity index (χ1n) is 8.40. The number of H-pyrrole nitrogens is 1. The molecule has 26 heavy (non-hydrogen) atoms. The highest BCUT2D eigenvalue weighted by Crippen LogP contribution is 2.26. The zero-order valence-electron chi connectivity index (χ0n) is 15.1. The van der Waals surface area contributed by atoms with E-state index < -0.39 is 6.04 Å². The Kier molecular flexibility index (Phi) is 5.11. The van der Waals surface area contributed by atoms with Crippen molar-refractivity contribution in [2.45, 2.75) is 39.8 Å². The lowest BCUT2D eigenvalue weighted by Crippen LogP contribution is -2.37. The highest BCUT2D eigenvalue weighted by Gasteiger charge is 2.22. The van der Waals surface area contributed by atoms with Gasteiger partial charge >= 0.3 is 0 Å². The number of carbonyl (C=O) groups is 1. The van der Waals surface area contributed by atoms with Crippen LogP contribution in [0.1, 0.15) is 41.2 Å². The summed E-state index contributed by atoms with van der Waals surface area (Å²) in [6.07, 6.45) is 0. The monoisotopic (exact) mass is 387 g/mol. The molecule has 7 heteroatoms. The van der Waals surface area contributed by atoms with Gasteiger partial charge in [0.15, 0.2) is 4.77 Å². The van der Waals surface area contributed by atoms with Crippen LogP contribution >= 0.6 is 23.6 Å². The van der Waals surface area contributed by atoms with Crippen LogP contribution in [-0.2, 0) is 4.79 Å². The predicted molar refractivity (Wildman–Crippen MR) is 108 cm³/mol. The van der Waals surface area contributed by atoms with Gasteiger partial charge in [0.1, 0.15) is 6.04 Å². The van der Waals surface area contributed by atoms with E-state index in [-0.39, 0.29) is 22.3 Å². The fourth-order valence-electron chi connectivity index (χ4n) is 3.14. The molecule has 3 aromatic rings. The molecular weight excluding hydrogens is 366 g/mol. The number of rotatable bonds is 4. The van der Waals surface area contributed by atoms with Crippen LogP contribution in [0.15, 0.2) is 35.1 Å². The third-order valence-electron chi connectivity index (χ3n) is 4.51. The fraction of sp³-hybridized carbons (Fsp3) is 0.316. The number of benzene rings is 1. The van der Waals surface area contributed by atoms with Crippen molar-refractivity contribution in [1.82, 2.24) is 14.9 Å². The van der Waals surface area contributed by atoms with E-state index in [1.165, 1.54) is 14.3 Å². The van der Waals surface area contributed by atoms with Gasteiger partial charge in [-0.15, -0.1) is 11.3 Å². The highest BCUT2D eigenvalue weighted by molar-refractivity contribution is 7.71. The van der Waals surface area contributed by atoms with E-state index in [9.17, 15) is 9.59 Å². The van der Waals surface area contributed by atoms with Crippen LogP contribution in [0.3, 0.4) is 0 Å². The predicted octanol–water partition coefficient (Wildman–Crippen LogP) is 4.18. The molecule has 0 aliphatic rings. The van der Waals surface area contributed by atoms with Crippen molar-refractivity contribution in [3.63, 3.8) is 0 Å². The third-order valence-corrected chi connectivity index (χ3v) is 5.79. The number of amides is 1. The van der Waals surface area contributed by atoms with Gasteiger partial charge in [-0.05, 0) is 63.7 Å². The quantitative estimate of drug-likeness (QED) is 0.660. The molecule has 0 aliphatic carbocycles. The lowest BCUT2D eigenvalue weighted by Gasteiger charge is -2.20. The SMILES string of the molecule is Cc1cc([C@H](C)NC(=O)[C@@H](C)n2c(=S)[nH]c3ccccc3c2=O)c(C)s1. The first-order chi connectivity index (χ1) is 12.3. The number of aromatic amines is 1. The standard InChI is InChI=1S/C19H21N3O2S2/c1-10-9-15(13(4)26-10)11(2)20-17(23)12(3)22-18(24)14-7-5-6-8-16(14)21-19(22)25/h5-9,11-12H,1-4H3,(H,20,23)(H,21,25)/t11-,12+/m0/s1. The third kappa shape index (κ3) is 3.37. The van der Waals surface area contributed by atoms with Crippen molar-refractivity contribution in [3.05, 3.63) is 60.8 Å². The Morgan fingerprint density at radius 2 is 1.96 bits per heavy atom. The number of aromatic nitrogens is 2. The fourth-order valence-corrected chi connectivity index (χ4v) is 4.51. The molecule has 1 amide bonds. The van der Waals surface area contributed by atoms with E-state index in [2.05, 4.69) is 16.4 Å². The van der Waals surface area contributed by atoms with Crippen molar-refractivity contribution in [3.8, 4) is 0 Å². The van der Waals surface area contributed by atoms with Gasteiger partial charge < -0.3 is 10.3 Å². The second-order valence-corrected chi connectivity index (χ2v) is 8.27. The molecule has 0 radical (unpaired) electrons. The number of nitrogens with one attached hydrogen (secondary N) is 2. The number of para-hydroxylation sites is 1. The molecule has 0 fully saturated rings. The molecule has 5 nitrogen and oxygen atoms in total. The summed E-state index contributed by atoms with van der Waals surface area (Å²) >= 11 is 7.03. The Balaban J connectivity index is 1.92. The van der Waals surface area contributed by atoms with Crippen molar-refractivity contribution in [1.29, 1.82) is 0 Å². The lowest BCUT2D eigenvalue weighted by atomic mass is 10.1. The van der Waals surface area contributed by atoms with Crippen LogP contribution < -0.4 is 10.9 Å². The summed E-state index contributed by atoms with van der Waals surface area (Å²) in [6, 6.07) is 8.39. The molecule has 0 saturated carbocycles. The van der Waals surface area contributed by atoms with Gasteiger partial charge in [0.2, 0.25) is 5.91 Å². The molecule has 2 heterocycles. The Bertz CT molecular complexity index is 1090. The zero-order chi connectivity index (χ0) is 19.0. The van der Waals surface area contributed by atoms with E-state index in [0.29, 0.717) is 10.9 Å². The molecular formula is C19H21N3O2S2. The number of hydrogen-bond acceptors (Lipinski definition) is 4. The molecule has 3 rings (SSSR count). The van der Waals surface area contributed by atoms with E-state index >= 15 is 0 Å². The second kappa shape index (κ2) is 7.17. The van der Waals surface area contributed by atoms with Crippen LogP contribution in [-0.4, -0.2) is 15.5 Å². The summed E-state index contributed by atoms with van der Waals surface area (Å²) in [5, 5.41) is 3.51. The second-order valence-electron chi connectivity index (χ2n) is 6.43. The number of aryl methyl sites for hydroxylation is 2. The largest absolute Gasteiger partial charge is 0.348 e. The maximum Gasteiger partial charge on any atom is 0.262 e. The van der Waals surface area contributed by atoms with Crippen LogP contribution in [0.5, 0.6) is 0 Å². The summed E-state index contributed by atoms with van der Waals surface area (Å²) in [4.78, 5) is 31.0. The van der Waals surface area contributed by atoms with Crippen LogP contribution in [0.4, 0.5) is 0 Å². The molecule has 0 unspecified atom stereocenters. The lowest BCUT2D eigenvalue weighted by molar-refractivity contribution is -0.124. The van der Waals surface area contributed by atoms with Crippen molar-refractivity contribution < 1.29 is 4.79 Å². The van der Waals surface area contributed by atoms with Gasteiger partial charge in [-0.2, -0.15) is 0 Å². The summed E-state index contributed by atoms with van der Waals surface area (Å²) in [5.41, 5.74) is 1.51. The Morgan fingerprint density at radius 3 is 2.62 bits per heavy atom. The molecule has 0 saturated heterocycles. The van der Waals surface area contributed by atoms with Gasteiger partial charge in [0, 0.05) is 9.75 Å². The van der Waals surface area contributed by atoms with Gasteiger partial charge in [0.25, 0.3) is 5.56 Å². The van der Waals surface area contributed by atoms with Crippen molar-refractivity contribution >= 4 is 40.4 Å². The maximum absolute atomic E-state index is 12.8. The number of hydrogen-bond donors (Lipinski definition) is 2. The van der Waals surface area contributed by atoms with E-state index in [4.69, 9.17) is 12.2 Å². The minimum absolute atomic E-state index is 0.136. The number of fused-ring (bicyclic) bond motifs is 1. The minimum atomic E-state index is -0.710. The van der Waals surface area contributed by atoms with E-state index in [1.54, 1.807) is 36.5 Å². The summed E-state index contributed by atoms with van der Waals surface area (Å²) in [7, 11) is 0.